The van der Waals surface area contributed by atoms with Gasteiger partial charge in [0.25, 0.3) is 0 Å². The first-order chi connectivity index (χ1) is 12.3. The summed E-state index contributed by atoms with van der Waals surface area (Å²) in [4.78, 5) is 58.4. The number of hydrogen-bond acceptors (Lipinski definition) is 5. The molecule has 0 atom stereocenters. The van der Waals surface area contributed by atoms with Crippen LogP contribution in [0.2, 0.25) is 0 Å². The van der Waals surface area contributed by atoms with Crippen molar-refractivity contribution in [2.75, 3.05) is 11.9 Å². The molecule has 1 aromatic carbocycles. The number of rotatable bonds is 8. The molecule has 154 valence electrons. The number of aliphatic hydroxyl groups excluding tert-OH is 1. The van der Waals surface area contributed by atoms with Crippen LogP contribution >= 0.6 is 15.2 Å². The summed E-state index contributed by atoms with van der Waals surface area (Å²) in [5.74, 6) is -1.47. The fourth-order valence-electron chi connectivity index (χ4n) is 1.95. The van der Waals surface area contributed by atoms with E-state index in [-0.39, 0.29) is 37.1 Å². The van der Waals surface area contributed by atoms with Gasteiger partial charge in [0.1, 0.15) is 0 Å². The van der Waals surface area contributed by atoms with Crippen LogP contribution in [0, 0.1) is 0 Å². The van der Waals surface area contributed by atoms with E-state index in [2.05, 4.69) is 5.32 Å². The molecule has 1 aromatic rings. The first-order valence-electron chi connectivity index (χ1n) is 7.65. The molecule has 0 aliphatic heterocycles. The number of carbonyl (C=O) groups excluding carboxylic acids is 1. The predicted octanol–water partition coefficient (Wildman–Crippen LogP) is 1.23. The highest BCUT2D eigenvalue weighted by Gasteiger charge is 2.44. The molecule has 0 aliphatic rings. The zero-order valence-electron chi connectivity index (χ0n) is 14.4. The van der Waals surface area contributed by atoms with Gasteiger partial charge in [0, 0.05) is 25.1 Å². The largest absolute Gasteiger partial charge is 0.481 e. The van der Waals surface area contributed by atoms with Gasteiger partial charge < -0.3 is 35.1 Å². The van der Waals surface area contributed by atoms with Crippen LogP contribution in [-0.4, -0.2) is 48.3 Å². The van der Waals surface area contributed by atoms with Crippen LogP contribution in [0.3, 0.4) is 0 Å². The van der Waals surface area contributed by atoms with Crippen LogP contribution < -0.4 is 5.32 Å². The monoisotopic (exact) mass is 427 g/mol. The summed E-state index contributed by atoms with van der Waals surface area (Å²) in [6.07, 6.45) is -0.0298. The lowest BCUT2D eigenvalue weighted by Crippen LogP contribution is -2.12. The van der Waals surface area contributed by atoms with Gasteiger partial charge in [0.2, 0.25) is 5.91 Å². The highest BCUT2D eigenvalue weighted by atomic mass is 31.2. The first-order valence-corrected chi connectivity index (χ1v) is 11.0. The number of benzene rings is 1. The van der Waals surface area contributed by atoms with Crippen molar-refractivity contribution in [3.8, 4) is 0 Å². The maximum Gasteiger partial charge on any atom is 0.345 e. The Kier molecular flexibility index (Phi) is 10.6. The van der Waals surface area contributed by atoms with Gasteiger partial charge in [-0.2, -0.15) is 0 Å². The molecule has 0 bridgehead atoms. The fourth-order valence-corrected chi connectivity index (χ4v) is 4.64. The molecule has 0 spiro atoms. The SMILES string of the molecule is CCO.O=C(O)CCCC(=O)Nc1ccc(C(P(=O)(O)O)P(=O)(O)O)cc1. The first kappa shape index (κ1) is 25.4. The van der Waals surface area contributed by atoms with E-state index in [1.54, 1.807) is 6.92 Å². The minimum absolute atomic E-state index is 0.0262. The molecule has 13 heteroatoms. The molecule has 1 amide bonds. The summed E-state index contributed by atoms with van der Waals surface area (Å²) >= 11 is 0. The number of nitrogens with one attached hydrogen (secondary N) is 1. The standard InChI is InChI=1S/C12H17NO9P2.C2H6O/c14-10(2-1-3-11(15)16)13-9-6-4-8(5-7-9)12(23(17,18)19)24(20,21)22;1-2-3/h4-7,12H,1-3H2,(H,13,14)(H,15,16)(H2,17,18,19)(H2,20,21,22);3H,2H2,1H3. The number of carboxylic acids is 1. The third-order valence-electron chi connectivity index (χ3n) is 2.92. The molecule has 0 saturated carbocycles. The van der Waals surface area contributed by atoms with Crippen molar-refractivity contribution in [2.24, 2.45) is 0 Å². The third-order valence-corrected chi connectivity index (χ3v) is 6.60. The molecular weight excluding hydrogens is 404 g/mol. The van der Waals surface area contributed by atoms with Crippen LogP contribution in [-0.2, 0) is 18.7 Å². The van der Waals surface area contributed by atoms with Gasteiger partial charge >= 0.3 is 21.2 Å². The minimum Gasteiger partial charge on any atom is -0.481 e. The maximum atomic E-state index is 11.6. The molecule has 1 rings (SSSR count). The normalized spacial score (nSPS) is 11.5. The zero-order valence-corrected chi connectivity index (χ0v) is 16.2. The van der Waals surface area contributed by atoms with E-state index in [1.165, 1.54) is 12.1 Å². The Morgan fingerprint density at radius 2 is 1.44 bits per heavy atom. The second kappa shape index (κ2) is 11.3. The molecule has 0 saturated heterocycles. The maximum absolute atomic E-state index is 11.6. The molecule has 11 nitrogen and oxygen atoms in total. The van der Waals surface area contributed by atoms with Crippen molar-refractivity contribution >= 4 is 32.8 Å². The van der Waals surface area contributed by atoms with Gasteiger partial charge in [-0.25, -0.2) is 0 Å². The number of aliphatic hydroxyl groups is 1. The lowest BCUT2D eigenvalue weighted by Gasteiger charge is -2.20. The summed E-state index contributed by atoms with van der Waals surface area (Å²) in [7, 11) is -10.2. The second-order valence-corrected chi connectivity index (χ2v) is 9.08. The molecular formula is C14H23NO10P2. The smallest absolute Gasteiger partial charge is 0.345 e. The average molecular weight is 427 g/mol. The molecule has 0 heterocycles. The number of hydrogen-bond donors (Lipinski definition) is 7. The number of aliphatic carboxylic acids is 1. The summed E-state index contributed by atoms with van der Waals surface area (Å²) in [6, 6.07) is 4.66. The zero-order chi connectivity index (χ0) is 21.3. The van der Waals surface area contributed by atoms with Gasteiger partial charge in [0.15, 0.2) is 5.40 Å². The molecule has 27 heavy (non-hydrogen) atoms. The van der Waals surface area contributed by atoms with Crippen LogP contribution in [0.25, 0.3) is 0 Å². The molecule has 7 N–H and O–H groups in total. The summed E-state index contributed by atoms with van der Waals surface area (Å²) in [5.41, 5.74) is -0.0187. The topological polar surface area (TPSA) is 202 Å². The van der Waals surface area contributed by atoms with Crippen LogP contribution in [0.5, 0.6) is 0 Å². The number of amides is 1. The number of anilines is 1. The molecule has 0 fully saturated rings. The molecule has 0 radical (unpaired) electrons. The lowest BCUT2D eigenvalue weighted by atomic mass is 10.2. The van der Waals surface area contributed by atoms with Gasteiger partial charge in [-0.05, 0) is 31.0 Å². The quantitative estimate of drug-likeness (QED) is 0.296. The highest BCUT2D eigenvalue weighted by Crippen LogP contribution is 2.69. The average Bonchev–Trinajstić information content (AvgIpc) is 2.46. The fraction of sp³-hybridized carbons (Fsp3) is 0.429. The van der Waals surface area contributed by atoms with Crippen LogP contribution in [0.15, 0.2) is 24.3 Å². The lowest BCUT2D eigenvalue weighted by molar-refractivity contribution is -0.137. The Balaban J connectivity index is 0.00000210. The second-order valence-electron chi connectivity index (χ2n) is 5.29. The summed E-state index contributed by atoms with van der Waals surface area (Å²) in [5, 5.41) is 16.2. The van der Waals surface area contributed by atoms with Gasteiger partial charge in [0.05, 0.1) is 0 Å². The van der Waals surface area contributed by atoms with Crippen molar-refractivity contribution in [3.05, 3.63) is 29.8 Å². The number of carboxylic acid groups (broad SMARTS) is 1. The Morgan fingerprint density at radius 1 is 1.00 bits per heavy atom. The van der Waals surface area contributed by atoms with E-state index in [4.69, 9.17) is 29.8 Å². The van der Waals surface area contributed by atoms with Crippen molar-refractivity contribution < 1.29 is 48.5 Å². The van der Waals surface area contributed by atoms with Crippen LogP contribution in [0.4, 0.5) is 5.69 Å². The third kappa shape index (κ3) is 10.4. The Labute approximate surface area is 155 Å². The van der Waals surface area contributed by atoms with Crippen molar-refractivity contribution in [3.63, 3.8) is 0 Å². The van der Waals surface area contributed by atoms with Crippen molar-refractivity contribution in [1.82, 2.24) is 0 Å². The van der Waals surface area contributed by atoms with Crippen molar-refractivity contribution in [2.45, 2.75) is 31.6 Å². The molecule has 0 aromatic heterocycles. The minimum atomic E-state index is -5.09. The van der Waals surface area contributed by atoms with Crippen LogP contribution in [0.1, 0.15) is 37.1 Å². The Morgan fingerprint density at radius 3 is 1.81 bits per heavy atom. The van der Waals surface area contributed by atoms with Gasteiger partial charge in [-0.15, -0.1) is 0 Å². The van der Waals surface area contributed by atoms with E-state index in [0.717, 1.165) is 12.1 Å². The van der Waals surface area contributed by atoms with E-state index >= 15 is 0 Å². The van der Waals surface area contributed by atoms with Crippen molar-refractivity contribution in [1.29, 1.82) is 0 Å². The number of carbonyl (C=O) groups is 2. The van der Waals surface area contributed by atoms with Gasteiger partial charge in [-0.1, -0.05) is 12.1 Å². The predicted molar refractivity (Wildman–Crippen MR) is 96.1 cm³/mol. The Hall–Kier alpha value is -1.58. The van der Waals surface area contributed by atoms with E-state index < -0.39 is 32.5 Å². The summed E-state index contributed by atoms with van der Waals surface area (Å²) < 4.78 is 22.6. The van der Waals surface area contributed by atoms with E-state index in [9.17, 15) is 18.7 Å². The summed E-state index contributed by atoms with van der Waals surface area (Å²) in [6.45, 7) is 1.93. The molecule has 0 aliphatic carbocycles. The molecule has 0 unspecified atom stereocenters. The van der Waals surface area contributed by atoms with Gasteiger partial charge in [-0.3, -0.25) is 18.7 Å². The van der Waals surface area contributed by atoms with E-state index in [0.29, 0.717) is 0 Å². The van der Waals surface area contributed by atoms with E-state index in [1.807, 2.05) is 0 Å². The Bertz CT molecular complexity index is 687. The highest BCUT2D eigenvalue weighted by molar-refractivity contribution is 7.70.